The predicted octanol–water partition coefficient (Wildman–Crippen LogP) is 1.93. The molecular weight excluding hydrogens is 150 g/mol. The molecule has 0 spiro atoms. The Hall–Kier alpha value is -0.0800. The van der Waals surface area contributed by atoms with E-state index in [0.717, 1.165) is 12.3 Å². The van der Waals surface area contributed by atoms with Crippen LogP contribution in [0.5, 0.6) is 0 Å². The molecule has 1 rings (SSSR count). The predicted molar refractivity (Wildman–Crippen MR) is 51.0 cm³/mol. The summed E-state index contributed by atoms with van der Waals surface area (Å²) in [4.78, 5) is 0. The number of rotatable bonds is 5. The lowest BCUT2D eigenvalue weighted by atomic mass is 9.80. The van der Waals surface area contributed by atoms with Crippen molar-refractivity contribution in [1.29, 1.82) is 0 Å². The van der Waals surface area contributed by atoms with E-state index in [1.807, 2.05) is 0 Å². The lowest BCUT2D eigenvalue weighted by molar-refractivity contribution is 0.0993. The van der Waals surface area contributed by atoms with E-state index in [4.69, 9.17) is 10.5 Å². The van der Waals surface area contributed by atoms with Crippen LogP contribution in [0.2, 0.25) is 0 Å². The summed E-state index contributed by atoms with van der Waals surface area (Å²) < 4.78 is 5.17. The summed E-state index contributed by atoms with van der Waals surface area (Å²) in [5, 5.41) is 0. The van der Waals surface area contributed by atoms with Gasteiger partial charge in [0.05, 0.1) is 6.10 Å². The van der Waals surface area contributed by atoms with Gasteiger partial charge in [-0.05, 0) is 25.7 Å². The maximum Gasteiger partial charge on any atom is 0.0558 e. The Morgan fingerprint density at radius 1 is 1.50 bits per heavy atom. The zero-order valence-electron chi connectivity index (χ0n) is 8.25. The lowest BCUT2D eigenvalue weighted by Gasteiger charge is -2.28. The molecule has 0 amide bonds. The van der Waals surface area contributed by atoms with Gasteiger partial charge < -0.3 is 10.5 Å². The SMILES string of the molecule is COC(C)CC(N)CC1CCC1. The monoisotopic (exact) mass is 171 g/mol. The number of methoxy groups -OCH3 is 1. The van der Waals surface area contributed by atoms with Crippen LogP contribution in [0.25, 0.3) is 0 Å². The average molecular weight is 171 g/mol. The summed E-state index contributed by atoms with van der Waals surface area (Å²) in [7, 11) is 1.75. The molecule has 2 N–H and O–H groups in total. The van der Waals surface area contributed by atoms with Crippen LogP contribution in [0.3, 0.4) is 0 Å². The van der Waals surface area contributed by atoms with Gasteiger partial charge in [-0.1, -0.05) is 19.3 Å². The fourth-order valence-electron chi connectivity index (χ4n) is 1.78. The Balaban J connectivity index is 2.05. The molecular formula is C10H21NO. The molecule has 0 bridgehead atoms. The Morgan fingerprint density at radius 3 is 2.58 bits per heavy atom. The van der Waals surface area contributed by atoms with E-state index < -0.39 is 0 Å². The van der Waals surface area contributed by atoms with Crippen LogP contribution in [-0.4, -0.2) is 19.3 Å². The van der Waals surface area contributed by atoms with Gasteiger partial charge in [-0.15, -0.1) is 0 Å². The van der Waals surface area contributed by atoms with Crippen molar-refractivity contribution in [2.75, 3.05) is 7.11 Å². The third kappa shape index (κ3) is 3.11. The van der Waals surface area contributed by atoms with Crippen LogP contribution in [0.4, 0.5) is 0 Å². The summed E-state index contributed by atoms with van der Waals surface area (Å²) in [6, 6.07) is 0.352. The van der Waals surface area contributed by atoms with E-state index in [1.54, 1.807) is 7.11 Å². The summed E-state index contributed by atoms with van der Waals surface area (Å²) in [5.74, 6) is 0.920. The normalized spacial score (nSPS) is 23.2. The zero-order chi connectivity index (χ0) is 8.97. The largest absolute Gasteiger partial charge is 0.382 e. The first-order valence-electron chi connectivity index (χ1n) is 5.00. The highest BCUT2D eigenvalue weighted by molar-refractivity contribution is 4.76. The van der Waals surface area contributed by atoms with Gasteiger partial charge in [0.2, 0.25) is 0 Å². The Labute approximate surface area is 75.5 Å². The van der Waals surface area contributed by atoms with Crippen LogP contribution in [0.15, 0.2) is 0 Å². The number of ether oxygens (including phenoxy) is 1. The van der Waals surface area contributed by atoms with Crippen LogP contribution < -0.4 is 5.73 Å². The Bertz CT molecular complexity index is 116. The van der Waals surface area contributed by atoms with Gasteiger partial charge in [-0.3, -0.25) is 0 Å². The molecule has 0 aromatic heterocycles. The summed E-state index contributed by atoms with van der Waals surface area (Å²) in [6.45, 7) is 2.08. The molecule has 0 aromatic rings. The van der Waals surface area contributed by atoms with Crippen molar-refractivity contribution < 1.29 is 4.74 Å². The third-order valence-corrected chi connectivity index (χ3v) is 2.90. The van der Waals surface area contributed by atoms with Crippen molar-refractivity contribution in [3.8, 4) is 0 Å². The molecule has 2 atom stereocenters. The molecule has 72 valence electrons. The maximum atomic E-state index is 5.98. The fraction of sp³-hybridized carbons (Fsp3) is 1.00. The van der Waals surface area contributed by atoms with E-state index >= 15 is 0 Å². The third-order valence-electron chi connectivity index (χ3n) is 2.90. The van der Waals surface area contributed by atoms with E-state index in [1.165, 1.54) is 25.7 Å². The minimum Gasteiger partial charge on any atom is -0.382 e. The molecule has 1 aliphatic rings. The van der Waals surface area contributed by atoms with Crippen molar-refractivity contribution in [2.45, 2.75) is 51.2 Å². The van der Waals surface area contributed by atoms with Crippen LogP contribution in [-0.2, 0) is 4.74 Å². The highest BCUT2D eigenvalue weighted by atomic mass is 16.5. The van der Waals surface area contributed by atoms with E-state index in [0.29, 0.717) is 12.1 Å². The summed E-state index contributed by atoms with van der Waals surface area (Å²) in [6.07, 6.45) is 6.74. The molecule has 1 aliphatic carbocycles. The van der Waals surface area contributed by atoms with E-state index in [9.17, 15) is 0 Å². The molecule has 0 aliphatic heterocycles. The number of nitrogens with two attached hydrogens (primary N) is 1. The molecule has 1 saturated carbocycles. The Morgan fingerprint density at radius 2 is 2.17 bits per heavy atom. The second-order valence-corrected chi connectivity index (χ2v) is 4.07. The van der Waals surface area contributed by atoms with Crippen LogP contribution in [0, 0.1) is 5.92 Å². The van der Waals surface area contributed by atoms with Crippen molar-refractivity contribution in [3.63, 3.8) is 0 Å². The summed E-state index contributed by atoms with van der Waals surface area (Å²) in [5.41, 5.74) is 5.98. The van der Waals surface area contributed by atoms with Crippen LogP contribution >= 0.6 is 0 Å². The molecule has 2 heteroatoms. The van der Waals surface area contributed by atoms with Crippen LogP contribution in [0.1, 0.15) is 39.0 Å². The molecule has 2 unspecified atom stereocenters. The van der Waals surface area contributed by atoms with Crippen molar-refractivity contribution in [3.05, 3.63) is 0 Å². The average Bonchev–Trinajstić information content (AvgIpc) is 1.97. The van der Waals surface area contributed by atoms with Gasteiger partial charge in [0.25, 0.3) is 0 Å². The maximum absolute atomic E-state index is 5.98. The standard InChI is InChI=1S/C10H21NO/c1-8(12-2)6-10(11)7-9-4-3-5-9/h8-10H,3-7,11H2,1-2H3. The van der Waals surface area contributed by atoms with Gasteiger partial charge in [0.15, 0.2) is 0 Å². The first-order valence-corrected chi connectivity index (χ1v) is 5.00. The molecule has 0 radical (unpaired) electrons. The molecule has 2 nitrogen and oxygen atoms in total. The van der Waals surface area contributed by atoms with E-state index in [2.05, 4.69) is 6.92 Å². The van der Waals surface area contributed by atoms with Crippen molar-refractivity contribution >= 4 is 0 Å². The topological polar surface area (TPSA) is 35.2 Å². The van der Waals surface area contributed by atoms with Gasteiger partial charge >= 0.3 is 0 Å². The second kappa shape index (κ2) is 4.83. The van der Waals surface area contributed by atoms with Gasteiger partial charge in [-0.25, -0.2) is 0 Å². The van der Waals surface area contributed by atoms with Gasteiger partial charge in [0, 0.05) is 13.2 Å². The summed E-state index contributed by atoms with van der Waals surface area (Å²) >= 11 is 0. The minimum atomic E-state index is 0.320. The quantitative estimate of drug-likeness (QED) is 0.686. The first kappa shape index (κ1) is 10.0. The molecule has 0 saturated heterocycles. The number of hydrogen-bond donors (Lipinski definition) is 1. The Kier molecular flexibility index (Phi) is 4.02. The lowest BCUT2D eigenvalue weighted by Crippen LogP contribution is -2.30. The molecule has 0 aromatic carbocycles. The molecule has 1 fully saturated rings. The van der Waals surface area contributed by atoms with Crippen molar-refractivity contribution in [2.24, 2.45) is 11.7 Å². The smallest absolute Gasteiger partial charge is 0.0558 e. The first-order chi connectivity index (χ1) is 5.72. The fourth-order valence-corrected chi connectivity index (χ4v) is 1.78. The highest BCUT2D eigenvalue weighted by Gasteiger charge is 2.20. The highest BCUT2D eigenvalue weighted by Crippen LogP contribution is 2.30. The zero-order valence-corrected chi connectivity index (χ0v) is 8.25. The van der Waals surface area contributed by atoms with Crippen molar-refractivity contribution in [1.82, 2.24) is 0 Å². The second-order valence-electron chi connectivity index (χ2n) is 4.07. The van der Waals surface area contributed by atoms with Gasteiger partial charge in [-0.2, -0.15) is 0 Å². The van der Waals surface area contributed by atoms with Gasteiger partial charge in [0.1, 0.15) is 0 Å². The molecule has 12 heavy (non-hydrogen) atoms. The minimum absolute atomic E-state index is 0.320. The molecule has 0 heterocycles. The van der Waals surface area contributed by atoms with E-state index in [-0.39, 0.29) is 0 Å². The number of hydrogen-bond acceptors (Lipinski definition) is 2.